The van der Waals surface area contributed by atoms with E-state index in [-0.39, 0.29) is 24.4 Å². The maximum atomic E-state index is 13.0. The van der Waals surface area contributed by atoms with E-state index in [1.54, 1.807) is 13.3 Å². The lowest BCUT2D eigenvalue weighted by molar-refractivity contribution is -0.116. The van der Waals surface area contributed by atoms with Gasteiger partial charge in [0.1, 0.15) is 5.75 Å². The van der Waals surface area contributed by atoms with E-state index in [0.29, 0.717) is 28.1 Å². The highest BCUT2D eigenvalue weighted by molar-refractivity contribution is 7.80. The summed E-state index contributed by atoms with van der Waals surface area (Å²) >= 11 is 12.4. The van der Waals surface area contributed by atoms with Gasteiger partial charge in [0, 0.05) is 30.6 Å². The SMILES string of the molecule is COc1ccccc1NC(=O)CCN1C(=S)NC(c2ccccn2)C1c1cc(C)n(-c2ccccc2Cl)c1C. The Morgan fingerprint density at radius 2 is 1.85 bits per heavy atom. The molecule has 7 nitrogen and oxygen atoms in total. The monoisotopic (exact) mass is 559 g/mol. The molecule has 0 aliphatic carbocycles. The van der Waals surface area contributed by atoms with Crippen molar-refractivity contribution in [2.24, 2.45) is 0 Å². The number of amides is 1. The quantitative estimate of drug-likeness (QED) is 0.252. The summed E-state index contributed by atoms with van der Waals surface area (Å²) in [5.41, 5.74) is 5.65. The van der Waals surface area contributed by atoms with Crippen LogP contribution in [0.4, 0.5) is 5.69 Å². The first-order chi connectivity index (χ1) is 18.9. The summed E-state index contributed by atoms with van der Waals surface area (Å²) in [5, 5.41) is 7.70. The van der Waals surface area contributed by atoms with Crippen molar-refractivity contribution >= 4 is 40.5 Å². The summed E-state index contributed by atoms with van der Waals surface area (Å²) in [4.78, 5) is 19.7. The van der Waals surface area contributed by atoms with Gasteiger partial charge in [-0.05, 0) is 74.1 Å². The maximum Gasteiger partial charge on any atom is 0.226 e. The molecular formula is C30H30ClN5O2S. The molecule has 2 aromatic carbocycles. The Labute approximate surface area is 238 Å². The number of anilines is 1. The third-order valence-corrected chi connectivity index (χ3v) is 7.71. The van der Waals surface area contributed by atoms with Crippen LogP contribution in [0.1, 0.15) is 41.1 Å². The topological polar surface area (TPSA) is 71.4 Å². The second-order valence-electron chi connectivity index (χ2n) is 9.43. The number of aromatic nitrogens is 2. The number of rotatable bonds is 8. The lowest BCUT2D eigenvalue weighted by atomic mass is 9.96. The van der Waals surface area contributed by atoms with Crippen molar-refractivity contribution in [2.45, 2.75) is 32.4 Å². The number of nitrogens with zero attached hydrogens (tertiary/aromatic N) is 3. The Bertz CT molecular complexity index is 1510. The van der Waals surface area contributed by atoms with Gasteiger partial charge in [0.15, 0.2) is 5.11 Å². The minimum Gasteiger partial charge on any atom is -0.495 e. The minimum atomic E-state index is -0.184. The Morgan fingerprint density at radius 1 is 1.10 bits per heavy atom. The van der Waals surface area contributed by atoms with Gasteiger partial charge in [-0.25, -0.2) is 0 Å². The summed E-state index contributed by atoms with van der Waals surface area (Å²) < 4.78 is 7.54. The van der Waals surface area contributed by atoms with Crippen LogP contribution in [0.25, 0.3) is 5.69 Å². The van der Waals surface area contributed by atoms with Crippen LogP contribution in [0, 0.1) is 13.8 Å². The summed E-state index contributed by atoms with van der Waals surface area (Å²) in [7, 11) is 1.58. The van der Waals surface area contributed by atoms with Crippen LogP contribution >= 0.6 is 23.8 Å². The lowest BCUT2D eigenvalue weighted by Gasteiger charge is -2.28. The van der Waals surface area contributed by atoms with E-state index in [1.165, 1.54) is 0 Å². The van der Waals surface area contributed by atoms with E-state index in [1.807, 2.05) is 66.7 Å². The van der Waals surface area contributed by atoms with Gasteiger partial charge in [-0.1, -0.05) is 41.9 Å². The van der Waals surface area contributed by atoms with Gasteiger partial charge in [0.25, 0.3) is 0 Å². The van der Waals surface area contributed by atoms with Crippen molar-refractivity contribution in [2.75, 3.05) is 19.0 Å². The predicted molar refractivity (Wildman–Crippen MR) is 159 cm³/mol. The highest BCUT2D eigenvalue weighted by Crippen LogP contribution is 2.42. The number of carbonyl (C=O) groups is 1. The molecule has 9 heteroatoms. The van der Waals surface area contributed by atoms with E-state index < -0.39 is 0 Å². The molecule has 0 radical (unpaired) electrons. The second-order valence-corrected chi connectivity index (χ2v) is 10.2. The number of thiocarbonyl (C=S) groups is 1. The van der Waals surface area contributed by atoms with E-state index in [0.717, 1.165) is 28.3 Å². The van der Waals surface area contributed by atoms with Crippen molar-refractivity contribution in [3.8, 4) is 11.4 Å². The van der Waals surface area contributed by atoms with Gasteiger partial charge in [0.2, 0.25) is 5.91 Å². The summed E-state index contributed by atoms with van der Waals surface area (Å²) in [6.45, 7) is 4.59. The number of methoxy groups -OCH3 is 1. The first kappa shape index (κ1) is 26.7. The van der Waals surface area contributed by atoms with E-state index in [2.05, 4.69) is 45.0 Å². The number of carbonyl (C=O) groups excluding carboxylic acids is 1. The number of pyridine rings is 1. The molecule has 39 heavy (non-hydrogen) atoms. The first-order valence-corrected chi connectivity index (χ1v) is 13.5. The lowest BCUT2D eigenvalue weighted by Crippen LogP contribution is -2.33. The van der Waals surface area contributed by atoms with Gasteiger partial charge < -0.3 is 24.8 Å². The number of nitrogens with one attached hydrogen (secondary N) is 2. The van der Waals surface area contributed by atoms with Gasteiger partial charge in [-0.2, -0.15) is 0 Å². The molecule has 2 unspecified atom stereocenters. The number of para-hydroxylation sites is 3. The standard InChI is InChI=1S/C30H30ClN5O2S/c1-19-18-21(20(2)36(19)25-13-6-4-10-22(25)31)29-28(24-12-8-9-16-32-24)34-30(39)35(29)17-15-27(37)33-23-11-5-7-14-26(23)38-3/h4-14,16,18,28-29H,15,17H2,1-3H3,(H,33,37)(H,34,39). The van der Waals surface area contributed by atoms with Crippen LogP contribution in [-0.4, -0.2) is 39.1 Å². The largest absolute Gasteiger partial charge is 0.495 e. The van der Waals surface area contributed by atoms with E-state index >= 15 is 0 Å². The predicted octanol–water partition coefficient (Wildman–Crippen LogP) is 6.15. The first-order valence-electron chi connectivity index (χ1n) is 12.7. The number of hydrogen-bond donors (Lipinski definition) is 2. The molecule has 3 heterocycles. The molecule has 5 rings (SSSR count). The number of hydrogen-bond acceptors (Lipinski definition) is 4. The minimum absolute atomic E-state index is 0.121. The van der Waals surface area contributed by atoms with Crippen molar-refractivity contribution in [1.29, 1.82) is 0 Å². The van der Waals surface area contributed by atoms with Gasteiger partial charge in [-0.3, -0.25) is 9.78 Å². The van der Waals surface area contributed by atoms with Crippen molar-refractivity contribution in [3.05, 3.63) is 107 Å². The average molecular weight is 560 g/mol. The molecule has 1 amide bonds. The summed E-state index contributed by atoms with van der Waals surface area (Å²) in [6.07, 6.45) is 2.03. The second kappa shape index (κ2) is 11.5. The van der Waals surface area contributed by atoms with Gasteiger partial charge in [-0.15, -0.1) is 0 Å². The Hall–Kier alpha value is -3.88. The number of ether oxygens (including phenoxy) is 1. The Kier molecular flexibility index (Phi) is 7.86. The third kappa shape index (κ3) is 5.35. The molecule has 1 fully saturated rings. The smallest absolute Gasteiger partial charge is 0.226 e. The summed E-state index contributed by atoms with van der Waals surface area (Å²) in [5.74, 6) is 0.494. The highest BCUT2D eigenvalue weighted by atomic mass is 35.5. The average Bonchev–Trinajstić information content (AvgIpc) is 3.42. The van der Waals surface area contributed by atoms with Gasteiger partial charge >= 0.3 is 0 Å². The van der Waals surface area contributed by atoms with Crippen LogP contribution in [0.15, 0.2) is 79.0 Å². The number of aryl methyl sites for hydroxylation is 1. The molecule has 1 saturated heterocycles. The molecule has 0 spiro atoms. The number of halogens is 1. The van der Waals surface area contributed by atoms with Crippen LogP contribution in [0.2, 0.25) is 5.02 Å². The van der Waals surface area contributed by atoms with Crippen LogP contribution in [0.5, 0.6) is 5.75 Å². The normalized spacial score (nSPS) is 16.7. The molecule has 0 saturated carbocycles. The fraction of sp³-hybridized carbons (Fsp3) is 0.233. The fourth-order valence-corrected chi connectivity index (χ4v) is 5.81. The molecule has 4 aromatic rings. The number of benzene rings is 2. The molecule has 2 aromatic heterocycles. The zero-order valence-electron chi connectivity index (χ0n) is 22.0. The Balaban J connectivity index is 1.47. The molecule has 200 valence electrons. The van der Waals surface area contributed by atoms with Crippen molar-refractivity contribution < 1.29 is 9.53 Å². The van der Waals surface area contributed by atoms with Crippen LogP contribution < -0.4 is 15.4 Å². The summed E-state index contributed by atoms with van der Waals surface area (Å²) in [6, 6.07) is 22.9. The molecule has 1 aliphatic heterocycles. The third-order valence-electron chi connectivity index (χ3n) is 7.04. The van der Waals surface area contributed by atoms with Gasteiger partial charge in [0.05, 0.1) is 41.3 Å². The zero-order valence-corrected chi connectivity index (χ0v) is 23.6. The molecule has 2 N–H and O–H groups in total. The molecule has 0 bridgehead atoms. The van der Waals surface area contributed by atoms with E-state index in [4.69, 9.17) is 28.6 Å². The van der Waals surface area contributed by atoms with Crippen molar-refractivity contribution in [1.82, 2.24) is 19.8 Å². The molecule has 2 atom stereocenters. The van der Waals surface area contributed by atoms with Crippen LogP contribution in [-0.2, 0) is 4.79 Å². The fourth-order valence-electron chi connectivity index (χ4n) is 5.26. The zero-order chi connectivity index (χ0) is 27.5. The molecule has 1 aliphatic rings. The Morgan fingerprint density at radius 3 is 2.59 bits per heavy atom. The van der Waals surface area contributed by atoms with Crippen molar-refractivity contribution in [3.63, 3.8) is 0 Å². The van der Waals surface area contributed by atoms with E-state index in [9.17, 15) is 4.79 Å². The highest BCUT2D eigenvalue weighted by Gasteiger charge is 2.41. The van der Waals surface area contributed by atoms with Crippen LogP contribution in [0.3, 0.4) is 0 Å². The maximum absolute atomic E-state index is 13.0. The molecular weight excluding hydrogens is 530 g/mol.